The van der Waals surface area contributed by atoms with Crippen LogP contribution in [0.2, 0.25) is 5.02 Å². The summed E-state index contributed by atoms with van der Waals surface area (Å²) in [5, 5.41) is -0.411. The summed E-state index contributed by atoms with van der Waals surface area (Å²) in [6.07, 6.45) is 2.86. The summed E-state index contributed by atoms with van der Waals surface area (Å²) in [5.74, 6) is 0. The summed E-state index contributed by atoms with van der Waals surface area (Å²) in [7, 11) is 0. The summed E-state index contributed by atoms with van der Waals surface area (Å²) >= 11 is 6.07. The minimum atomic E-state index is -0.791. The van der Waals surface area contributed by atoms with Gasteiger partial charge in [-0.1, -0.05) is 29.8 Å². The van der Waals surface area contributed by atoms with Crippen LogP contribution in [0.5, 0.6) is 0 Å². The molecule has 0 fully saturated rings. The third-order valence-corrected chi connectivity index (χ3v) is 4.52. The molecule has 2 aromatic carbocycles. The first-order valence-corrected chi connectivity index (χ1v) is 7.74. The molecule has 2 N–H and O–H groups in total. The SMILES string of the molecule is O=c1c2[nH]cc[nH]c2c(=O)c2c(=O)n(Cc3ccccc3Cl)c(=O)c12. The molecule has 0 aliphatic rings. The number of hydrogen-bond donors (Lipinski definition) is 2. The highest BCUT2D eigenvalue weighted by Crippen LogP contribution is 2.15. The topological polar surface area (TPSA) is 105 Å². The Morgan fingerprint density at radius 2 is 1.36 bits per heavy atom. The molecule has 0 saturated heterocycles. The quantitative estimate of drug-likeness (QED) is 0.560. The highest BCUT2D eigenvalue weighted by molar-refractivity contribution is 6.31. The third kappa shape index (κ3) is 2.13. The van der Waals surface area contributed by atoms with Gasteiger partial charge in [0.05, 0.1) is 6.54 Å². The van der Waals surface area contributed by atoms with Gasteiger partial charge in [-0.25, -0.2) is 0 Å². The van der Waals surface area contributed by atoms with Crippen molar-refractivity contribution in [3.05, 3.63) is 88.4 Å². The smallest absolute Gasteiger partial charge is 0.266 e. The summed E-state index contributed by atoms with van der Waals surface area (Å²) in [6.45, 7) is -0.116. The Balaban J connectivity index is 2.13. The van der Waals surface area contributed by atoms with Crippen LogP contribution in [0.1, 0.15) is 5.56 Å². The number of H-pyrrole nitrogens is 2. The first-order chi connectivity index (χ1) is 12.0. The van der Waals surface area contributed by atoms with E-state index in [9.17, 15) is 19.2 Å². The first-order valence-electron chi connectivity index (χ1n) is 7.36. The van der Waals surface area contributed by atoms with E-state index in [4.69, 9.17) is 11.6 Å². The van der Waals surface area contributed by atoms with Crippen LogP contribution in [0, 0.1) is 0 Å². The van der Waals surface area contributed by atoms with Crippen molar-refractivity contribution in [2.45, 2.75) is 6.54 Å². The molecule has 2 heterocycles. The van der Waals surface area contributed by atoms with Crippen molar-refractivity contribution in [2.75, 3.05) is 0 Å². The van der Waals surface area contributed by atoms with Crippen molar-refractivity contribution >= 4 is 33.4 Å². The molecule has 0 amide bonds. The molecule has 124 valence electrons. The molecule has 0 bridgehead atoms. The van der Waals surface area contributed by atoms with E-state index in [2.05, 4.69) is 9.97 Å². The van der Waals surface area contributed by atoms with Crippen molar-refractivity contribution in [2.24, 2.45) is 0 Å². The molecule has 0 radical (unpaired) electrons. The standard InChI is InChI=1S/C17H10ClN3O4/c18-9-4-2-1-3-8(9)7-21-16(24)10-11(17(21)25)15(23)13-12(14(10)22)19-5-6-20-13/h1-6,19-20H,7H2. The van der Waals surface area contributed by atoms with Crippen LogP contribution in [0.25, 0.3) is 21.8 Å². The largest absolute Gasteiger partial charge is 0.355 e. The fourth-order valence-electron chi connectivity index (χ4n) is 2.94. The highest BCUT2D eigenvalue weighted by Gasteiger charge is 2.22. The van der Waals surface area contributed by atoms with Crippen LogP contribution in [0.4, 0.5) is 0 Å². The van der Waals surface area contributed by atoms with Crippen molar-refractivity contribution < 1.29 is 0 Å². The van der Waals surface area contributed by atoms with Crippen molar-refractivity contribution in [1.82, 2.24) is 14.5 Å². The monoisotopic (exact) mass is 355 g/mol. The summed E-state index contributed by atoms with van der Waals surface area (Å²) in [6, 6.07) is 6.74. The average molecular weight is 356 g/mol. The molecule has 0 aliphatic carbocycles. The molecule has 25 heavy (non-hydrogen) atoms. The predicted molar refractivity (Wildman–Crippen MR) is 95.0 cm³/mol. The number of benzene rings is 2. The van der Waals surface area contributed by atoms with E-state index < -0.39 is 32.7 Å². The minimum Gasteiger partial charge on any atom is -0.355 e. The van der Waals surface area contributed by atoms with Crippen LogP contribution in [-0.4, -0.2) is 14.5 Å². The molecule has 7 nitrogen and oxygen atoms in total. The lowest BCUT2D eigenvalue weighted by molar-refractivity contribution is 0.754. The highest BCUT2D eigenvalue weighted by atomic mass is 35.5. The van der Waals surface area contributed by atoms with Crippen LogP contribution < -0.4 is 22.0 Å². The van der Waals surface area contributed by atoms with E-state index in [1.54, 1.807) is 24.3 Å². The lowest BCUT2D eigenvalue weighted by atomic mass is 10.1. The zero-order chi connectivity index (χ0) is 17.7. The van der Waals surface area contributed by atoms with E-state index >= 15 is 0 Å². The summed E-state index contributed by atoms with van der Waals surface area (Å²) in [4.78, 5) is 55.7. The van der Waals surface area contributed by atoms with Gasteiger partial charge in [0.25, 0.3) is 11.1 Å². The van der Waals surface area contributed by atoms with E-state index in [0.717, 1.165) is 4.57 Å². The molecule has 8 heteroatoms. The molecule has 2 aromatic heterocycles. The van der Waals surface area contributed by atoms with E-state index in [1.807, 2.05) is 0 Å². The molecule has 0 aliphatic heterocycles. The zero-order valence-corrected chi connectivity index (χ0v) is 13.4. The average Bonchev–Trinajstić information content (AvgIpc) is 2.86. The Kier molecular flexibility index (Phi) is 3.33. The molecule has 4 aromatic rings. The Hall–Kier alpha value is -3.19. The van der Waals surface area contributed by atoms with Gasteiger partial charge in [-0.3, -0.25) is 23.7 Å². The van der Waals surface area contributed by atoms with Crippen LogP contribution in [0.15, 0.2) is 55.8 Å². The normalized spacial score (nSPS) is 11.4. The number of aromatic nitrogens is 3. The molecule has 0 atom stereocenters. The van der Waals surface area contributed by atoms with E-state index in [0.29, 0.717) is 10.6 Å². The number of nitrogens with one attached hydrogen (secondary N) is 2. The second kappa shape index (κ2) is 5.42. The number of nitrogens with zero attached hydrogens (tertiary/aromatic N) is 1. The second-order valence-corrected chi connectivity index (χ2v) is 5.98. The summed E-state index contributed by atoms with van der Waals surface area (Å²) < 4.78 is 0.869. The van der Waals surface area contributed by atoms with Gasteiger partial charge in [-0.2, -0.15) is 0 Å². The Morgan fingerprint density at radius 1 is 0.840 bits per heavy atom. The Bertz CT molecular complexity index is 1290. The molecule has 0 spiro atoms. The number of aromatic amines is 2. The lowest BCUT2D eigenvalue weighted by Gasteiger charge is -2.03. The Labute approximate surface area is 143 Å². The van der Waals surface area contributed by atoms with Crippen molar-refractivity contribution in [1.29, 1.82) is 0 Å². The fourth-order valence-corrected chi connectivity index (χ4v) is 3.14. The molecule has 0 unspecified atom stereocenters. The number of fused-ring (bicyclic) bond motifs is 2. The second-order valence-electron chi connectivity index (χ2n) is 5.57. The molecular formula is C17H10ClN3O4. The third-order valence-electron chi connectivity index (χ3n) is 4.15. The first kappa shape index (κ1) is 15.3. The zero-order valence-electron chi connectivity index (χ0n) is 12.6. The number of rotatable bonds is 2. The van der Waals surface area contributed by atoms with Crippen molar-refractivity contribution in [3.63, 3.8) is 0 Å². The van der Waals surface area contributed by atoms with Gasteiger partial charge < -0.3 is 9.97 Å². The molecule has 4 rings (SSSR count). The van der Waals surface area contributed by atoms with E-state index in [-0.39, 0.29) is 17.6 Å². The van der Waals surface area contributed by atoms with Gasteiger partial charge in [0, 0.05) is 17.4 Å². The van der Waals surface area contributed by atoms with Gasteiger partial charge in [-0.15, -0.1) is 0 Å². The Morgan fingerprint density at radius 3 is 1.88 bits per heavy atom. The van der Waals surface area contributed by atoms with Gasteiger partial charge in [0.2, 0.25) is 10.9 Å². The molecule has 0 saturated carbocycles. The number of halogens is 1. The van der Waals surface area contributed by atoms with Crippen LogP contribution >= 0.6 is 11.6 Å². The van der Waals surface area contributed by atoms with Gasteiger partial charge >= 0.3 is 0 Å². The maximum absolute atomic E-state index is 12.6. The van der Waals surface area contributed by atoms with Crippen molar-refractivity contribution in [3.8, 4) is 0 Å². The number of hydrogen-bond acceptors (Lipinski definition) is 4. The minimum absolute atomic E-state index is 0.0352. The van der Waals surface area contributed by atoms with Crippen LogP contribution in [-0.2, 0) is 6.54 Å². The summed E-state index contributed by atoms with van der Waals surface area (Å²) in [5.41, 5.74) is -2.47. The van der Waals surface area contributed by atoms with Gasteiger partial charge in [-0.05, 0) is 11.6 Å². The van der Waals surface area contributed by atoms with Crippen LogP contribution in [0.3, 0.4) is 0 Å². The van der Waals surface area contributed by atoms with Gasteiger partial charge in [0.15, 0.2) is 0 Å². The van der Waals surface area contributed by atoms with Gasteiger partial charge in [0.1, 0.15) is 21.8 Å². The predicted octanol–water partition coefficient (Wildman–Crippen LogP) is 1.03. The maximum Gasteiger partial charge on any atom is 0.266 e. The fraction of sp³-hybridized carbons (Fsp3) is 0.0588. The van der Waals surface area contributed by atoms with E-state index in [1.165, 1.54) is 12.4 Å². The maximum atomic E-state index is 12.6. The molecular weight excluding hydrogens is 346 g/mol. The lowest BCUT2D eigenvalue weighted by Crippen LogP contribution is -2.27.